The zero-order valence-electron chi connectivity index (χ0n) is 8.75. The van der Waals surface area contributed by atoms with Crippen molar-refractivity contribution in [1.82, 2.24) is 0 Å². The molecule has 0 saturated carbocycles. The zero-order chi connectivity index (χ0) is 11.3. The molecule has 1 N–H and O–H groups in total. The van der Waals surface area contributed by atoms with Gasteiger partial charge in [-0.3, -0.25) is 0 Å². The Kier molecular flexibility index (Phi) is 4.26. The fraction of sp³-hybridized carbons (Fsp3) is 0.364. The molecule has 0 saturated heterocycles. The Hall–Kier alpha value is -1.40. The van der Waals surface area contributed by atoms with Crippen LogP contribution >= 0.6 is 11.6 Å². The first-order chi connectivity index (χ1) is 7.17. The molecule has 0 fully saturated rings. The fourth-order valence-electron chi connectivity index (χ4n) is 1.22. The molecule has 0 radical (unpaired) electrons. The minimum Gasteiger partial charge on any atom is -0.495 e. The van der Waals surface area contributed by atoms with Crippen molar-refractivity contribution in [2.45, 2.75) is 19.4 Å². The van der Waals surface area contributed by atoms with E-state index in [2.05, 4.69) is 11.4 Å². The Balaban J connectivity index is 2.75. The van der Waals surface area contributed by atoms with Crippen LogP contribution in [0.4, 0.5) is 5.69 Å². The summed E-state index contributed by atoms with van der Waals surface area (Å²) in [4.78, 5) is 0. The molecular formula is C11H13ClN2O. The van der Waals surface area contributed by atoms with E-state index in [9.17, 15) is 0 Å². The number of ether oxygens (including phenoxy) is 1. The molecule has 1 atom stereocenters. The van der Waals surface area contributed by atoms with Crippen molar-refractivity contribution in [3.63, 3.8) is 0 Å². The van der Waals surface area contributed by atoms with E-state index in [1.165, 1.54) is 0 Å². The summed E-state index contributed by atoms with van der Waals surface area (Å²) in [5.74, 6) is 0.630. The normalized spacial score (nSPS) is 11.6. The second-order valence-corrected chi connectivity index (χ2v) is 3.66. The molecule has 0 bridgehead atoms. The summed E-state index contributed by atoms with van der Waals surface area (Å²) in [6.07, 6.45) is 0.463. The number of nitriles is 1. The maximum atomic E-state index is 8.52. The molecule has 0 heterocycles. The van der Waals surface area contributed by atoms with Gasteiger partial charge >= 0.3 is 0 Å². The summed E-state index contributed by atoms with van der Waals surface area (Å²) < 4.78 is 5.09. The Labute approximate surface area is 94.6 Å². The molecule has 0 aliphatic carbocycles. The van der Waals surface area contributed by atoms with Crippen LogP contribution in [0.15, 0.2) is 18.2 Å². The highest BCUT2D eigenvalue weighted by molar-refractivity contribution is 6.32. The van der Waals surface area contributed by atoms with Gasteiger partial charge in [-0.05, 0) is 19.1 Å². The van der Waals surface area contributed by atoms with Crippen molar-refractivity contribution >= 4 is 17.3 Å². The van der Waals surface area contributed by atoms with Crippen molar-refractivity contribution in [3.05, 3.63) is 23.2 Å². The molecule has 80 valence electrons. The van der Waals surface area contributed by atoms with E-state index in [-0.39, 0.29) is 6.04 Å². The van der Waals surface area contributed by atoms with Gasteiger partial charge in [0.25, 0.3) is 0 Å². The van der Waals surface area contributed by atoms with Crippen LogP contribution in [0.1, 0.15) is 13.3 Å². The van der Waals surface area contributed by atoms with Crippen LogP contribution in [0.2, 0.25) is 5.02 Å². The average Bonchev–Trinajstić information content (AvgIpc) is 2.21. The molecule has 4 heteroatoms. The van der Waals surface area contributed by atoms with E-state index in [1.54, 1.807) is 13.2 Å². The standard InChI is InChI=1S/C11H13ClN2O/c1-8(5-6-13)14-9-3-4-10(12)11(7-9)15-2/h3-4,7-8,14H,5H2,1-2H3. The summed E-state index contributed by atoms with van der Waals surface area (Å²) in [6.45, 7) is 1.95. The van der Waals surface area contributed by atoms with Crippen LogP contribution in [-0.4, -0.2) is 13.2 Å². The van der Waals surface area contributed by atoms with Crippen LogP contribution in [0.25, 0.3) is 0 Å². The first kappa shape index (κ1) is 11.7. The highest BCUT2D eigenvalue weighted by Gasteiger charge is 2.04. The molecule has 1 aromatic rings. The fourth-order valence-corrected chi connectivity index (χ4v) is 1.42. The Morgan fingerprint density at radius 2 is 2.33 bits per heavy atom. The van der Waals surface area contributed by atoms with Gasteiger partial charge in [-0.2, -0.15) is 5.26 Å². The first-order valence-corrected chi connectivity index (χ1v) is 5.02. The van der Waals surface area contributed by atoms with Crippen molar-refractivity contribution in [2.24, 2.45) is 0 Å². The molecule has 0 aliphatic rings. The van der Waals surface area contributed by atoms with E-state index in [0.717, 1.165) is 5.69 Å². The number of anilines is 1. The van der Waals surface area contributed by atoms with Crippen molar-refractivity contribution in [2.75, 3.05) is 12.4 Å². The number of halogens is 1. The van der Waals surface area contributed by atoms with E-state index in [4.69, 9.17) is 21.6 Å². The van der Waals surface area contributed by atoms with Gasteiger partial charge in [0.2, 0.25) is 0 Å². The minimum atomic E-state index is 0.112. The molecular weight excluding hydrogens is 212 g/mol. The number of hydrogen-bond donors (Lipinski definition) is 1. The lowest BCUT2D eigenvalue weighted by molar-refractivity contribution is 0.415. The molecule has 0 aliphatic heterocycles. The van der Waals surface area contributed by atoms with Crippen LogP contribution in [0, 0.1) is 11.3 Å². The van der Waals surface area contributed by atoms with Crippen LogP contribution in [-0.2, 0) is 0 Å². The van der Waals surface area contributed by atoms with E-state index in [0.29, 0.717) is 17.2 Å². The Morgan fingerprint density at radius 3 is 2.93 bits per heavy atom. The van der Waals surface area contributed by atoms with Crippen LogP contribution in [0.5, 0.6) is 5.75 Å². The highest BCUT2D eigenvalue weighted by Crippen LogP contribution is 2.27. The van der Waals surface area contributed by atoms with E-state index in [1.807, 2.05) is 19.1 Å². The zero-order valence-corrected chi connectivity index (χ0v) is 9.51. The lowest BCUT2D eigenvalue weighted by Crippen LogP contribution is -2.13. The predicted octanol–water partition coefficient (Wildman–Crippen LogP) is 3.06. The summed E-state index contributed by atoms with van der Waals surface area (Å²) in [6, 6.07) is 7.66. The predicted molar refractivity (Wildman–Crippen MR) is 61.3 cm³/mol. The molecule has 1 unspecified atom stereocenters. The van der Waals surface area contributed by atoms with Gasteiger partial charge in [0.15, 0.2) is 0 Å². The maximum Gasteiger partial charge on any atom is 0.139 e. The topological polar surface area (TPSA) is 45.0 Å². The van der Waals surface area contributed by atoms with Crippen LogP contribution < -0.4 is 10.1 Å². The number of hydrogen-bond acceptors (Lipinski definition) is 3. The van der Waals surface area contributed by atoms with E-state index < -0.39 is 0 Å². The summed E-state index contributed by atoms with van der Waals surface area (Å²) >= 11 is 5.89. The lowest BCUT2D eigenvalue weighted by Gasteiger charge is -2.13. The third kappa shape index (κ3) is 3.34. The van der Waals surface area contributed by atoms with Gasteiger partial charge in [0.1, 0.15) is 5.75 Å². The van der Waals surface area contributed by atoms with Gasteiger partial charge in [-0.15, -0.1) is 0 Å². The summed E-state index contributed by atoms with van der Waals surface area (Å²) in [5, 5.41) is 12.3. The Bertz CT molecular complexity index is 373. The first-order valence-electron chi connectivity index (χ1n) is 4.64. The third-order valence-electron chi connectivity index (χ3n) is 1.96. The SMILES string of the molecule is COc1cc(NC(C)CC#N)ccc1Cl. The number of nitrogens with one attached hydrogen (secondary N) is 1. The molecule has 0 aromatic heterocycles. The quantitative estimate of drug-likeness (QED) is 0.855. The number of nitrogens with zero attached hydrogens (tertiary/aromatic N) is 1. The number of rotatable bonds is 4. The van der Waals surface area contributed by atoms with E-state index >= 15 is 0 Å². The van der Waals surface area contributed by atoms with Gasteiger partial charge in [-0.1, -0.05) is 11.6 Å². The highest BCUT2D eigenvalue weighted by atomic mass is 35.5. The second-order valence-electron chi connectivity index (χ2n) is 3.26. The molecule has 1 rings (SSSR count). The maximum absolute atomic E-state index is 8.52. The smallest absolute Gasteiger partial charge is 0.139 e. The van der Waals surface area contributed by atoms with Crippen molar-refractivity contribution < 1.29 is 4.74 Å². The largest absolute Gasteiger partial charge is 0.495 e. The molecule has 3 nitrogen and oxygen atoms in total. The molecule has 0 spiro atoms. The molecule has 1 aromatic carbocycles. The second kappa shape index (κ2) is 5.47. The number of methoxy groups -OCH3 is 1. The van der Waals surface area contributed by atoms with Gasteiger partial charge < -0.3 is 10.1 Å². The summed E-state index contributed by atoms with van der Waals surface area (Å²) in [7, 11) is 1.57. The minimum absolute atomic E-state index is 0.112. The monoisotopic (exact) mass is 224 g/mol. The number of benzene rings is 1. The van der Waals surface area contributed by atoms with Crippen molar-refractivity contribution in [1.29, 1.82) is 5.26 Å². The van der Waals surface area contributed by atoms with Gasteiger partial charge in [0, 0.05) is 17.8 Å². The lowest BCUT2D eigenvalue weighted by atomic mass is 10.2. The summed E-state index contributed by atoms with van der Waals surface area (Å²) in [5.41, 5.74) is 0.902. The average molecular weight is 225 g/mol. The van der Waals surface area contributed by atoms with Gasteiger partial charge in [0.05, 0.1) is 24.6 Å². The third-order valence-corrected chi connectivity index (χ3v) is 2.27. The molecule has 0 amide bonds. The van der Waals surface area contributed by atoms with Crippen molar-refractivity contribution in [3.8, 4) is 11.8 Å². The van der Waals surface area contributed by atoms with Crippen LogP contribution in [0.3, 0.4) is 0 Å². The molecule has 15 heavy (non-hydrogen) atoms. The van der Waals surface area contributed by atoms with Gasteiger partial charge in [-0.25, -0.2) is 0 Å². The Morgan fingerprint density at radius 1 is 1.60 bits per heavy atom.